The van der Waals surface area contributed by atoms with Gasteiger partial charge in [-0.3, -0.25) is 19.4 Å². The fourth-order valence-electron chi connectivity index (χ4n) is 6.21. The number of aromatic nitrogens is 1. The van der Waals surface area contributed by atoms with Gasteiger partial charge in [0.05, 0.1) is 29.2 Å². The highest BCUT2D eigenvalue weighted by atomic mass is 35.5. The molecular weight excluding hydrogens is 673 g/mol. The number of likely N-dealkylation sites (tertiary alicyclic amines) is 1. The van der Waals surface area contributed by atoms with Crippen molar-refractivity contribution in [2.24, 2.45) is 5.92 Å². The minimum atomic E-state index is -4.83. The van der Waals surface area contributed by atoms with Crippen molar-refractivity contribution in [3.8, 4) is 11.1 Å². The second-order valence-electron chi connectivity index (χ2n) is 12.8. The summed E-state index contributed by atoms with van der Waals surface area (Å²) in [5, 5.41) is 2.21. The first-order valence-corrected chi connectivity index (χ1v) is 16.2. The summed E-state index contributed by atoms with van der Waals surface area (Å²) in [6.07, 6.45) is -4.74. The number of hydrogen-bond donors (Lipinski definition) is 1. The summed E-state index contributed by atoms with van der Waals surface area (Å²) in [5.74, 6) is -3.55. The fraction of sp³-hybridized carbons (Fsp3) is 0.457. The zero-order valence-electron chi connectivity index (χ0n) is 27.8. The number of pyridine rings is 1. The van der Waals surface area contributed by atoms with Gasteiger partial charge in [-0.2, -0.15) is 13.2 Å². The summed E-state index contributed by atoms with van der Waals surface area (Å²) >= 11 is 6.30. The van der Waals surface area contributed by atoms with Crippen LogP contribution in [0.15, 0.2) is 47.4 Å². The molecule has 0 bridgehead atoms. The first-order valence-electron chi connectivity index (χ1n) is 15.8. The van der Waals surface area contributed by atoms with Crippen molar-refractivity contribution in [1.82, 2.24) is 14.8 Å². The lowest BCUT2D eigenvalue weighted by Gasteiger charge is -2.38. The largest absolute Gasteiger partial charge is 0.416 e. The van der Waals surface area contributed by atoms with Gasteiger partial charge in [0.15, 0.2) is 0 Å². The van der Waals surface area contributed by atoms with E-state index in [1.807, 2.05) is 36.9 Å². The maximum absolute atomic E-state index is 15.7. The van der Waals surface area contributed by atoms with E-state index in [1.54, 1.807) is 21.0 Å². The van der Waals surface area contributed by atoms with Gasteiger partial charge in [-0.1, -0.05) is 43.6 Å². The number of carbonyl (C=O) groups is 2. The van der Waals surface area contributed by atoms with E-state index in [2.05, 4.69) is 10.3 Å². The van der Waals surface area contributed by atoms with Crippen molar-refractivity contribution >= 4 is 23.5 Å². The molecule has 2 atom stereocenters. The summed E-state index contributed by atoms with van der Waals surface area (Å²) in [7, 11) is 1.55. The SMILES string of the molecule is COC1CN(CCc2cn(C(CC(C)C)C(=O)N[C@@H](CC(=O)OF)c3cc(-c4c(C)cccc4C)cc(Cl)c3F)c(=O)cc2C(F)(F)F)C1. The number of methoxy groups -OCH3 is 1. The van der Waals surface area contributed by atoms with Crippen molar-refractivity contribution in [2.45, 2.75) is 71.3 Å². The highest BCUT2D eigenvalue weighted by Crippen LogP contribution is 2.36. The Morgan fingerprint density at radius 1 is 1.10 bits per heavy atom. The molecular formula is C35H39ClF5N3O5. The number of benzene rings is 2. The molecule has 1 N–H and O–H groups in total. The fourth-order valence-corrected chi connectivity index (χ4v) is 6.43. The molecule has 3 aromatic rings. The lowest BCUT2D eigenvalue weighted by atomic mass is 9.92. The van der Waals surface area contributed by atoms with Crippen LogP contribution in [0.25, 0.3) is 11.1 Å². The van der Waals surface area contributed by atoms with Gasteiger partial charge >= 0.3 is 12.1 Å². The van der Waals surface area contributed by atoms with E-state index in [9.17, 15) is 32.1 Å². The van der Waals surface area contributed by atoms with Crippen molar-refractivity contribution in [1.29, 1.82) is 0 Å². The van der Waals surface area contributed by atoms with E-state index >= 15 is 4.39 Å². The molecule has 0 aliphatic carbocycles. The van der Waals surface area contributed by atoms with E-state index < -0.39 is 53.5 Å². The second-order valence-corrected chi connectivity index (χ2v) is 13.2. The average molecular weight is 712 g/mol. The highest BCUT2D eigenvalue weighted by molar-refractivity contribution is 6.31. The monoisotopic (exact) mass is 711 g/mol. The molecule has 8 nitrogen and oxygen atoms in total. The van der Waals surface area contributed by atoms with Crippen LogP contribution in [0.2, 0.25) is 5.02 Å². The number of ether oxygens (including phenoxy) is 1. The molecule has 0 radical (unpaired) electrons. The van der Waals surface area contributed by atoms with E-state index in [0.29, 0.717) is 24.7 Å². The number of nitrogens with one attached hydrogen (secondary N) is 1. The molecule has 2 aromatic carbocycles. The number of carbonyl (C=O) groups excluding carboxylic acids is 2. The third-order valence-electron chi connectivity index (χ3n) is 8.73. The van der Waals surface area contributed by atoms with Gasteiger partial charge in [-0.25, -0.2) is 9.18 Å². The van der Waals surface area contributed by atoms with Crippen LogP contribution < -0.4 is 10.9 Å². The van der Waals surface area contributed by atoms with Crippen molar-refractivity contribution in [3.63, 3.8) is 0 Å². The van der Waals surface area contributed by atoms with Gasteiger partial charge in [0, 0.05) is 49.1 Å². The van der Waals surface area contributed by atoms with Crippen LogP contribution in [0, 0.1) is 25.6 Å². The molecule has 1 aliphatic rings. The molecule has 1 amide bonds. The molecule has 14 heteroatoms. The Morgan fingerprint density at radius 3 is 2.33 bits per heavy atom. The predicted molar refractivity (Wildman–Crippen MR) is 174 cm³/mol. The Kier molecular flexibility index (Phi) is 12.3. The normalized spacial score (nSPS) is 15.2. The quantitative estimate of drug-likeness (QED) is 0.191. The highest BCUT2D eigenvalue weighted by Gasteiger charge is 2.37. The summed E-state index contributed by atoms with van der Waals surface area (Å²) in [6, 6.07) is 5.86. The van der Waals surface area contributed by atoms with Gasteiger partial charge in [0.2, 0.25) is 5.91 Å². The Labute approximate surface area is 286 Å². The molecule has 1 fully saturated rings. The van der Waals surface area contributed by atoms with E-state index in [0.717, 1.165) is 27.5 Å². The summed E-state index contributed by atoms with van der Waals surface area (Å²) in [4.78, 5) is 44.7. The Balaban J connectivity index is 1.76. The van der Waals surface area contributed by atoms with Gasteiger partial charge in [0.25, 0.3) is 5.56 Å². The first-order chi connectivity index (χ1) is 23.0. The molecule has 0 saturated carbocycles. The minimum absolute atomic E-state index is 0.00977. The summed E-state index contributed by atoms with van der Waals surface area (Å²) in [6.45, 7) is 8.52. The first kappa shape index (κ1) is 38.0. The predicted octanol–water partition coefficient (Wildman–Crippen LogP) is 7.08. The van der Waals surface area contributed by atoms with Crippen LogP contribution in [0.4, 0.5) is 22.1 Å². The van der Waals surface area contributed by atoms with Gasteiger partial charge < -0.3 is 14.6 Å². The Hall–Kier alpha value is -3.81. The number of aryl methyl sites for hydroxylation is 2. The minimum Gasteiger partial charge on any atom is -0.379 e. The smallest absolute Gasteiger partial charge is 0.379 e. The number of halogens is 6. The van der Waals surface area contributed by atoms with Crippen molar-refractivity contribution in [3.05, 3.63) is 91.6 Å². The van der Waals surface area contributed by atoms with Crippen LogP contribution >= 0.6 is 11.6 Å². The Bertz CT molecular complexity index is 1720. The van der Waals surface area contributed by atoms with Gasteiger partial charge in [0.1, 0.15) is 11.9 Å². The summed E-state index contributed by atoms with van der Waals surface area (Å²) in [5.41, 5.74) is 0.227. The third-order valence-corrected chi connectivity index (χ3v) is 9.01. The lowest BCUT2D eigenvalue weighted by molar-refractivity contribution is -0.184. The molecule has 1 unspecified atom stereocenters. The van der Waals surface area contributed by atoms with Crippen LogP contribution in [-0.4, -0.2) is 54.2 Å². The van der Waals surface area contributed by atoms with Crippen LogP contribution in [0.3, 0.4) is 0 Å². The molecule has 1 aromatic heterocycles. The van der Waals surface area contributed by atoms with Crippen molar-refractivity contribution < 1.29 is 41.4 Å². The van der Waals surface area contributed by atoms with E-state index in [1.165, 1.54) is 12.1 Å². The number of hydrogen-bond acceptors (Lipinski definition) is 6. The van der Waals surface area contributed by atoms with Crippen molar-refractivity contribution in [2.75, 3.05) is 26.7 Å². The van der Waals surface area contributed by atoms with E-state index in [4.69, 9.17) is 16.3 Å². The topological polar surface area (TPSA) is 89.9 Å². The van der Waals surface area contributed by atoms with Gasteiger partial charge in [-0.05, 0) is 72.6 Å². The molecule has 2 heterocycles. The van der Waals surface area contributed by atoms with E-state index in [-0.39, 0.29) is 47.6 Å². The third kappa shape index (κ3) is 9.06. The molecule has 49 heavy (non-hydrogen) atoms. The van der Waals surface area contributed by atoms with Crippen LogP contribution in [-0.2, 0) is 31.9 Å². The molecule has 1 aliphatic heterocycles. The molecule has 0 spiro atoms. The van der Waals surface area contributed by atoms with Crippen LogP contribution in [0.1, 0.15) is 66.6 Å². The summed E-state index contributed by atoms with van der Waals surface area (Å²) < 4.78 is 77.1. The maximum atomic E-state index is 15.7. The van der Waals surface area contributed by atoms with Gasteiger partial charge in [-0.15, -0.1) is 0 Å². The zero-order valence-corrected chi connectivity index (χ0v) is 28.6. The number of nitrogens with zero attached hydrogens (tertiary/aromatic N) is 2. The average Bonchev–Trinajstić information content (AvgIpc) is 3.00. The molecule has 266 valence electrons. The molecule has 4 rings (SSSR count). The zero-order chi connectivity index (χ0) is 36.2. The number of rotatable bonds is 13. The lowest BCUT2D eigenvalue weighted by Crippen LogP contribution is -2.52. The Morgan fingerprint density at radius 2 is 1.76 bits per heavy atom. The maximum Gasteiger partial charge on any atom is 0.416 e. The second kappa shape index (κ2) is 15.8. The number of amides is 1. The standard InChI is InChI=1S/C35H39ClF5N3O5/c1-19(2)11-29(44-16-22(9-10-43-17-24(18-43)48-5)26(14-30(44)45)35(38,39)40)34(47)42-28(15-31(46)49-41)25-12-23(13-27(36)33(25)37)32-20(3)7-6-8-21(32)4/h6-8,12-14,16,19,24,28-29H,9-11,15,17-18H2,1-5H3,(H,42,47)/t28-,29?/m0/s1. The van der Waals surface area contributed by atoms with Crippen LogP contribution in [0.5, 0.6) is 0 Å². The molecule has 1 saturated heterocycles. The number of alkyl halides is 3.